The second-order valence-corrected chi connectivity index (χ2v) is 15.8. The molecule has 258 valence electrons. The Kier molecular flexibility index (Phi) is 10.6. The van der Waals surface area contributed by atoms with Gasteiger partial charge in [0, 0.05) is 53.7 Å². The lowest BCUT2D eigenvalue weighted by Crippen LogP contribution is -2.46. The first kappa shape index (κ1) is 35.2. The highest BCUT2D eigenvalue weighted by atomic mass is 32.2. The molecule has 46 heavy (non-hydrogen) atoms. The summed E-state index contributed by atoms with van der Waals surface area (Å²) in [5.74, 6) is -3.07. The summed E-state index contributed by atoms with van der Waals surface area (Å²) in [6.07, 6.45) is -1.89. The number of hydrogen-bond acceptors (Lipinski definition) is 6. The van der Waals surface area contributed by atoms with Crippen molar-refractivity contribution >= 4 is 22.7 Å². The maximum atomic E-state index is 13.3. The fraction of sp³-hybridized carbons (Fsp3) is 0.765. The number of likely N-dealkylation sites (N-methyl/N-ethyl adjacent to an activating group) is 1. The molecule has 4 aliphatic rings. The highest BCUT2D eigenvalue weighted by Crippen LogP contribution is 2.61. The van der Waals surface area contributed by atoms with Crippen molar-refractivity contribution in [1.82, 2.24) is 4.90 Å². The van der Waals surface area contributed by atoms with E-state index in [0.717, 1.165) is 43.4 Å². The molecule has 1 aromatic carbocycles. The van der Waals surface area contributed by atoms with Crippen molar-refractivity contribution in [3.8, 4) is 5.75 Å². The average molecular weight is 676 g/mol. The number of rotatable bonds is 11. The van der Waals surface area contributed by atoms with E-state index in [1.807, 2.05) is 20.0 Å². The van der Waals surface area contributed by atoms with Gasteiger partial charge in [-0.1, -0.05) is 19.9 Å². The number of aryl methyl sites for hydroxylation is 1. The summed E-state index contributed by atoms with van der Waals surface area (Å²) in [4.78, 5) is 27.9. The predicted octanol–water partition coefficient (Wildman–Crippen LogP) is 7.63. The van der Waals surface area contributed by atoms with Crippen LogP contribution in [0.25, 0.3) is 0 Å². The Hall–Kier alpha value is -2.08. The zero-order valence-corrected chi connectivity index (χ0v) is 27.8. The summed E-state index contributed by atoms with van der Waals surface area (Å²) in [7, 11) is 0.468. The van der Waals surface area contributed by atoms with E-state index < -0.39 is 41.9 Å². The maximum Gasteiger partial charge on any atom is 0.514 e. The number of ether oxygens (including phenoxy) is 2. The van der Waals surface area contributed by atoms with Gasteiger partial charge in [0.1, 0.15) is 17.6 Å². The average Bonchev–Trinajstić information content (AvgIpc) is 3.52. The van der Waals surface area contributed by atoms with Gasteiger partial charge in [-0.2, -0.15) is 22.0 Å². The van der Waals surface area contributed by atoms with Crippen molar-refractivity contribution in [2.24, 2.45) is 23.2 Å². The van der Waals surface area contributed by atoms with Crippen LogP contribution in [0, 0.1) is 23.2 Å². The highest BCUT2D eigenvalue weighted by Gasteiger charge is 2.57. The Labute approximate surface area is 270 Å². The minimum Gasteiger partial charge on any atom is -0.429 e. The SMILES string of the molecule is CCc1cc2c(cc1OC(=O)OC1CCN(C)C1)C[C@@H](CCCS(=O)CCCC(F)(F)C(F)(F)F)[C@@H]1[C@@H]2CC[C@]2(C)C(=O)CC[C@@H]12. The Balaban J connectivity index is 1.30. The van der Waals surface area contributed by atoms with Gasteiger partial charge in [-0.15, -0.1) is 0 Å². The molecule has 0 spiro atoms. The lowest BCUT2D eigenvalue weighted by Gasteiger charge is -2.52. The van der Waals surface area contributed by atoms with Gasteiger partial charge in [0.25, 0.3) is 0 Å². The number of Topliss-reactive ketones (excluding diaryl/α,β-unsaturated/α-hetero) is 1. The first-order chi connectivity index (χ1) is 21.6. The van der Waals surface area contributed by atoms with E-state index in [0.29, 0.717) is 50.2 Å². The van der Waals surface area contributed by atoms with E-state index in [4.69, 9.17) is 9.47 Å². The fourth-order valence-corrected chi connectivity index (χ4v) is 9.89. The first-order valence-electron chi connectivity index (χ1n) is 16.7. The Morgan fingerprint density at radius 2 is 1.85 bits per heavy atom. The van der Waals surface area contributed by atoms with E-state index >= 15 is 0 Å². The molecule has 3 aliphatic carbocycles. The molecule has 1 saturated heterocycles. The monoisotopic (exact) mass is 675 g/mol. The topological polar surface area (TPSA) is 72.9 Å². The standard InChI is InChI=1S/C34H46F5NO5S/c1-4-21-18-26-23(19-28(21)45-31(42)44-24-11-14-40(3)20-24)17-22(30-25(26)10-13-32(2)27(30)8-9-29(32)41)7-5-15-46(43)16-6-12-33(35,36)34(37,38)39/h18-19,22,24-25,27,30H,4-17,20H2,1-3H3/t22-,24?,25-,27+,30-,32+,46?/m1/s1. The molecule has 0 N–H and O–H groups in total. The number of alkyl halides is 5. The van der Waals surface area contributed by atoms with Crippen LogP contribution in [0.2, 0.25) is 0 Å². The van der Waals surface area contributed by atoms with Crippen molar-refractivity contribution in [3.05, 3.63) is 28.8 Å². The summed E-state index contributed by atoms with van der Waals surface area (Å²) in [6.45, 7) is 5.64. The molecule has 1 heterocycles. The molecule has 0 radical (unpaired) electrons. The molecule has 1 aliphatic heterocycles. The number of fused-ring (bicyclic) bond motifs is 5. The molecular weight excluding hydrogens is 629 g/mol. The quantitative estimate of drug-likeness (QED) is 0.137. The van der Waals surface area contributed by atoms with E-state index in [2.05, 4.69) is 17.9 Å². The Morgan fingerprint density at radius 3 is 2.52 bits per heavy atom. The predicted molar refractivity (Wildman–Crippen MR) is 165 cm³/mol. The van der Waals surface area contributed by atoms with Crippen LogP contribution in [0.4, 0.5) is 26.7 Å². The maximum absolute atomic E-state index is 13.3. The number of hydrogen-bond donors (Lipinski definition) is 0. The van der Waals surface area contributed by atoms with Crippen molar-refractivity contribution in [3.63, 3.8) is 0 Å². The number of ketones is 1. The molecule has 2 unspecified atom stereocenters. The van der Waals surface area contributed by atoms with Gasteiger partial charge in [0.05, 0.1) is 0 Å². The van der Waals surface area contributed by atoms with E-state index in [9.17, 15) is 35.8 Å². The van der Waals surface area contributed by atoms with Crippen LogP contribution in [0.15, 0.2) is 12.1 Å². The zero-order valence-electron chi connectivity index (χ0n) is 26.9. The number of carbonyl (C=O) groups is 2. The smallest absolute Gasteiger partial charge is 0.429 e. The molecule has 6 nitrogen and oxygen atoms in total. The van der Waals surface area contributed by atoms with Crippen molar-refractivity contribution in [1.29, 1.82) is 0 Å². The Morgan fingerprint density at radius 1 is 1.11 bits per heavy atom. The third kappa shape index (κ3) is 7.32. The molecule has 3 fully saturated rings. The van der Waals surface area contributed by atoms with Crippen molar-refractivity contribution in [2.45, 2.75) is 109 Å². The van der Waals surface area contributed by atoms with Crippen LogP contribution < -0.4 is 4.74 Å². The molecule has 2 saturated carbocycles. The molecule has 5 rings (SSSR count). The molecule has 12 heteroatoms. The largest absolute Gasteiger partial charge is 0.514 e. The fourth-order valence-electron chi connectivity index (χ4n) is 8.73. The summed E-state index contributed by atoms with van der Waals surface area (Å²) in [6, 6.07) is 4.13. The van der Waals surface area contributed by atoms with Gasteiger partial charge in [-0.05, 0) is 111 Å². The summed E-state index contributed by atoms with van der Waals surface area (Å²) in [5, 5.41) is 0. The molecule has 1 aromatic rings. The van der Waals surface area contributed by atoms with Crippen molar-refractivity contribution < 1.29 is 45.2 Å². The first-order valence-corrected chi connectivity index (χ1v) is 18.2. The number of likely N-dealkylation sites (tertiary alicyclic amines) is 1. The number of halogens is 5. The van der Waals surface area contributed by atoms with Crippen molar-refractivity contribution in [2.75, 3.05) is 31.6 Å². The van der Waals surface area contributed by atoms with Crippen LogP contribution in [0.5, 0.6) is 5.75 Å². The third-order valence-corrected chi connectivity index (χ3v) is 12.7. The lowest BCUT2D eigenvalue weighted by molar-refractivity contribution is -0.284. The minimum absolute atomic E-state index is 0.167. The normalized spacial score (nSPS) is 30.4. The van der Waals surface area contributed by atoms with Crippen LogP contribution in [0.3, 0.4) is 0 Å². The second-order valence-electron chi connectivity index (χ2n) is 14.1. The number of carbonyl (C=O) groups excluding carboxylic acids is 2. The van der Waals surface area contributed by atoms with Gasteiger partial charge in [0.2, 0.25) is 0 Å². The van der Waals surface area contributed by atoms with Gasteiger partial charge >= 0.3 is 18.3 Å². The Bertz CT molecular complexity index is 1320. The zero-order chi connectivity index (χ0) is 33.4. The van der Waals surface area contributed by atoms with E-state index in [-0.39, 0.29) is 46.7 Å². The van der Waals surface area contributed by atoms with Crippen LogP contribution >= 0.6 is 0 Å². The summed E-state index contributed by atoms with van der Waals surface area (Å²) < 4.78 is 88.0. The molecule has 0 amide bonds. The summed E-state index contributed by atoms with van der Waals surface area (Å²) >= 11 is 0. The van der Waals surface area contributed by atoms with Crippen LogP contribution in [-0.4, -0.2) is 70.9 Å². The molecular formula is C34H46F5NO5S. The molecule has 0 bridgehead atoms. The van der Waals surface area contributed by atoms with Gasteiger partial charge < -0.3 is 14.4 Å². The third-order valence-electron chi connectivity index (χ3n) is 11.2. The molecule has 0 aromatic heterocycles. The van der Waals surface area contributed by atoms with E-state index in [1.165, 1.54) is 5.56 Å². The number of benzene rings is 1. The second kappa shape index (κ2) is 13.8. The van der Waals surface area contributed by atoms with E-state index in [1.54, 1.807) is 0 Å². The van der Waals surface area contributed by atoms with Gasteiger partial charge in [-0.25, -0.2) is 4.79 Å². The highest BCUT2D eigenvalue weighted by molar-refractivity contribution is 7.84. The minimum atomic E-state index is -5.60. The summed E-state index contributed by atoms with van der Waals surface area (Å²) in [5.41, 5.74) is 2.90. The molecule has 7 atom stereocenters. The van der Waals surface area contributed by atoms with Crippen LogP contribution in [0.1, 0.15) is 94.2 Å². The number of nitrogens with zero attached hydrogens (tertiary/aromatic N) is 1. The van der Waals surface area contributed by atoms with Crippen LogP contribution in [-0.2, 0) is 33.2 Å². The van der Waals surface area contributed by atoms with Gasteiger partial charge in [-0.3, -0.25) is 9.00 Å². The lowest BCUT2D eigenvalue weighted by atomic mass is 9.52. The van der Waals surface area contributed by atoms with Gasteiger partial charge in [0.15, 0.2) is 0 Å².